The maximum Gasteiger partial charge on any atom is 0.248 e. The van der Waals surface area contributed by atoms with Crippen LogP contribution in [0.3, 0.4) is 0 Å². The van der Waals surface area contributed by atoms with Crippen LogP contribution in [0.25, 0.3) is 11.0 Å². The van der Waals surface area contributed by atoms with E-state index in [-0.39, 0.29) is 49.3 Å². The van der Waals surface area contributed by atoms with E-state index in [9.17, 15) is 19.5 Å². The number of anilines is 1. The van der Waals surface area contributed by atoms with Crippen LogP contribution in [0.5, 0.6) is 0 Å². The molecule has 5 atom stereocenters. The van der Waals surface area contributed by atoms with Crippen molar-refractivity contribution < 1.29 is 19.5 Å². The number of para-hydroxylation sites is 2. The Hall–Kier alpha value is -3.96. The summed E-state index contributed by atoms with van der Waals surface area (Å²) < 4.78 is 0.895. The van der Waals surface area contributed by atoms with Crippen LogP contribution in [0, 0.1) is 11.8 Å². The van der Waals surface area contributed by atoms with Gasteiger partial charge in [0.05, 0.1) is 28.7 Å². The van der Waals surface area contributed by atoms with Crippen molar-refractivity contribution in [2.75, 3.05) is 31.1 Å². The number of aliphatic hydroxyl groups is 1. The zero-order valence-corrected chi connectivity index (χ0v) is 24.1. The molecule has 3 aliphatic heterocycles. The minimum Gasteiger partial charge on any atom is -0.395 e. The fourth-order valence-corrected chi connectivity index (χ4v) is 9.24. The Morgan fingerprint density at radius 1 is 1.07 bits per heavy atom. The van der Waals surface area contributed by atoms with Crippen LogP contribution in [0.4, 0.5) is 5.69 Å². The Morgan fingerprint density at radius 3 is 2.55 bits per heavy atom. The lowest BCUT2D eigenvalue weighted by atomic mass is 9.70. The van der Waals surface area contributed by atoms with Gasteiger partial charge in [-0.1, -0.05) is 47.7 Å². The molecular weight excluding hydrogens is 552 g/mol. The zero-order valence-electron chi connectivity index (χ0n) is 23.3. The third-order valence-electron chi connectivity index (χ3n) is 8.69. The highest BCUT2D eigenvalue weighted by atomic mass is 32.2. The van der Waals surface area contributed by atoms with E-state index in [4.69, 9.17) is 0 Å². The lowest BCUT2D eigenvalue weighted by Crippen LogP contribution is -2.55. The molecule has 2 aromatic carbocycles. The fourth-order valence-electron chi connectivity index (χ4n) is 7.03. The molecule has 11 heteroatoms. The van der Waals surface area contributed by atoms with Crippen LogP contribution in [-0.2, 0) is 21.1 Å². The third kappa shape index (κ3) is 4.42. The van der Waals surface area contributed by atoms with Crippen LogP contribution < -0.4 is 4.90 Å². The van der Waals surface area contributed by atoms with E-state index in [1.165, 1.54) is 4.90 Å². The van der Waals surface area contributed by atoms with Crippen LogP contribution in [0.1, 0.15) is 12.8 Å². The molecule has 1 aromatic heterocycles. The van der Waals surface area contributed by atoms with E-state index in [0.29, 0.717) is 18.5 Å². The van der Waals surface area contributed by atoms with Gasteiger partial charge >= 0.3 is 0 Å². The number of β-amino-alcohol motifs (C(OH)–C–C–N with tert-alkyl or cyclic N) is 1. The number of carbonyl (C=O) groups excluding carboxylic acids is 3. The van der Waals surface area contributed by atoms with Crippen LogP contribution in [-0.4, -0.2) is 89.9 Å². The number of aromatic nitrogens is 3. The number of amides is 3. The third-order valence-corrected chi connectivity index (χ3v) is 10.6. The molecule has 3 saturated heterocycles. The summed E-state index contributed by atoms with van der Waals surface area (Å²) in [5.41, 5.74) is 2.25. The average molecular weight is 587 g/mol. The SMILES string of the molecule is C=CCN(Cn1nnc2ccccc21)C(=O)C1N(CCO)C(=O)[C@@H]2[C@@H](C(=O)N(CC=C)c3ccccc3)[C@H]3CCC12S3. The summed E-state index contributed by atoms with van der Waals surface area (Å²) in [4.78, 5) is 47.7. The van der Waals surface area contributed by atoms with E-state index in [0.717, 1.165) is 17.6 Å². The molecule has 1 N–H and O–H groups in total. The van der Waals surface area contributed by atoms with Crippen molar-refractivity contribution in [2.24, 2.45) is 11.8 Å². The Labute approximate surface area is 248 Å². The molecule has 10 nitrogen and oxygen atoms in total. The number of benzene rings is 2. The molecule has 4 heterocycles. The molecule has 0 saturated carbocycles. The predicted octanol–water partition coefficient (Wildman–Crippen LogP) is 2.71. The first-order valence-electron chi connectivity index (χ1n) is 14.2. The molecule has 42 heavy (non-hydrogen) atoms. The smallest absolute Gasteiger partial charge is 0.248 e. The second kappa shape index (κ2) is 11.4. The minimum absolute atomic E-state index is 0.0167. The number of aliphatic hydroxyl groups excluding tert-OH is 1. The molecule has 3 fully saturated rings. The van der Waals surface area contributed by atoms with Gasteiger partial charge in [0, 0.05) is 30.6 Å². The van der Waals surface area contributed by atoms with Crippen LogP contribution in [0.2, 0.25) is 0 Å². The highest BCUT2D eigenvalue weighted by Gasteiger charge is 2.74. The Balaban J connectivity index is 1.35. The van der Waals surface area contributed by atoms with Crippen molar-refractivity contribution in [1.29, 1.82) is 0 Å². The molecule has 3 aromatic rings. The van der Waals surface area contributed by atoms with Crippen molar-refractivity contribution in [3.63, 3.8) is 0 Å². The summed E-state index contributed by atoms with van der Waals surface area (Å²) in [5, 5.41) is 18.4. The summed E-state index contributed by atoms with van der Waals surface area (Å²) in [5.74, 6) is -1.86. The molecule has 2 bridgehead atoms. The number of nitrogens with zero attached hydrogens (tertiary/aromatic N) is 6. The lowest BCUT2D eigenvalue weighted by Gasteiger charge is -2.37. The molecule has 0 aliphatic carbocycles. The maximum absolute atomic E-state index is 14.5. The van der Waals surface area contributed by atoms with Gasteiger partial charge in [-0.3, -0.25) is 14.4 Å². The van der Waals surface area contributed by atoms with E-state index in [1.807, 2.05) is 54.6 Å². The van der Waals surface area contributed by atoms with E-state index in [2.05, 4.69) is 23.5 Å². The highest BCUT2D eigenvalue weighted by molar-refractivity contribution is 8.02. The second-order valence-corrected chi connectivity index (χ2v) is 12.6. The van der Waals surface area contributed by atoms with Gasteiger partial charge in [0.25, 0.3) is 0 Å². The molecule has 0 radical (unpaired) electrons. The highest BCUT2D eigenvalue weighted by Crippen LogP contribution is 2.66. The van der Waals surface area contributed by atoms with Gasteiger partial charge in [0.15, 0.2) is 0 Å². The van der Waals surface area contributed by atoms with Crippen LogP contribution >= 0.6 is 11.8 Å². The largest absolute Gasteiger partial charge is 0.395 e. The number of hydrogen-bond donors (Lipinski definition) is 1. The first-order valence-corrected chi connectivity index (χ1v) is 15.1. The Morgan fingerprint density at radius 2 is 1.81 bits per heavy atom. The number of hydrogen-bond acceptors (Lipinski definition) is 7. The standard InChI is InChI=1S/C31H34N6O4S/c1-3-16-34(20-37-23-13-9-8-12-22(23)32-33-37)30(41)27-31-15-14-24(42-31)25(26(31)29(40)36(27)18-19-38)28(39)35(17-4-2)21-10-6-5-7-11-21/h3-13,24-27,38H,1-2,14-20H2/t24-,25+,26+,27?,31?/m1/s1. The minimum atomic E-state index is -0.825. The first kappa shape index (κ1) is 28.2. The van der Waals surface area contributed by atoms with Crippen LogP contribution in [0.15, 0.2) is 79.9 Å². The molecule has 3 amide bonds. The maximum atomic E-state index is 14.5. The number of rotatable bonds is 11. The zero-order chi connectivity index (χ0) is 29.4. The fraction of sp³-hybridized carbons (Fsp3) is 0.387. The van der Waals surface area contributed by atoms with E-state index >= 15 is 0 Å². The number of fused-ring (bicyclic) bond motifs is 2. The van der Waals surface area contributed by atoms with Crippen molar-refractivity contribution in [1.82, 2.24) is 24.8 Å². The normalized spacial score (nSPS) is 25.9. The summed E-state index contributed by atoms with van der Waals surface area (Å²) in [7, 11) is 0. The van der Waals surface area contributed by atoms with E-state index < -0.39 is 22.6 Å². The second-order valence-electron chi connectivity index (χ2n) is 11.0. The molecule has 218 valence electrons. The first-order chi connectivity index (χ1) is 20.4. The summed E-state index contributed by atoms with van der Waals surface area (Å²) in [6.07, 6.45) is 4.70. The topological polar surface area (TPSA) is 112 Å². The van der Waals surface area contributed by atoms with E-state index in [1.54, 1.807) is 38.4 Å². The molecule has 6 rings (SSSR count). The van der Waals surface area contributed by atoms with Gasteiger partial charge in [0.2, 0.25) is 17.7 Å². The summed E-state index contributed by atoms with van der Waals surface area (Å²) in [6, 6.07) is 16.1. The average Bonchev–Trinajstić information content (AvgIpc) is 3.76. The van der Waals surface area contributed by atoms with Crippen molar-refractivity contribution in [3.8, 4) is 0 Å². The van der Waals surface area contributed by atoms with Crippen molar-refractivity contribution >= 4 is 46.2 Å². The predicted molar refractivity (Wildman–Crippen MR) is 161 cm³/mol. The molecule has 3 aliphatic rings. The molecule has 1 spiro atoms. The summed E-state index contributed by atoms with van der Waals surface area (Å²) >= 11 is 1.61. The van der Waals surface area contributed by atoms with Gasteiger partial charge in [-0.2, -0.15) is 0 Å². The Bertz CT molecular complexity index is 1530. The Kier molecular flexibility index (Phi) is 7.63. The molecule has 2 unspecified atom stereocenters. The summed E-state index contributed by atoms with van der Waals surface area (Å²) in [6.45, 7) is 8.12. The quantitative estimate of drug-likeness (QED) is 0.344. The van der Waals surface area contributed by atoms with Gasteiger partial charge in [-0.15, -0.1) is 30.0 Å². The van der Waals surface area contributed by atoms with Crippen molar-refractivity contribution in [3.05, 3.63) is 79.9 Å². The van der Waals surface area contributed by atoms with Gasteiger partial charge in [-0.05, 0) is 37.1 Å². The van der Waals surface area contributed by atoms with Gasteiger partial charge in [0.1, 0.15) is 18.2 Å². The lowest BCUT2D eigenvalue weighted by molar-refractivity contribution is -0.144. The monoisotopic (exact) mass is 586 g/mol. The van der Waals surface area contributed by atoms with Gasteiger partial charge in [-0.25, -0.2) is 4.68 Å². The number of thioether (sulfide) groups is 1. The molecular formula is C31H34N6O4S. The van der Waals surface area contributed by atoms with Gasteiger partial charge < -0.3 is 19.8 Å². The number of likely N-dealkylation sites (tertiary alicyclic amines) is 1. The van der Waals surface area contributed by atoms with Crippen molar-refractivity contribution in [2.45, 2.75) is 35.5 Å². The number of carbonyl (C=O) groups is 3.